The van der Waals surface area contributed by atoms with Crippen molar-refractivity contribution in [3.8, 4) is 0 Å². The predicted molar refractivity (Wildman–Crippen MR) is 66.1 cm³/mol. The summed E-state index contributed by atoms with van der Waals surface area (Å²) in [5.41, 5.74) is -1.32. The summed E-state index contributed by atoms with van der Waals surface area (Å²) in [5, 5.41) is 11.0. The number of hydrogen-bond donors (Lipinski definition) is 2. The standard InChI is InChI=1S/C13H15F2NO4/c1-13(2,3)20-12(19)16-10(11(17)18)8-6-7(14)4-5-9(8)15/h4-6,10H,1-3H3,(H,16,19)(H,17,18). The lowest BCUT2D eigenvalue weighted by Gasteiger charge is -2.22. The largest absolute Gasteiger partial charge is 0.479 e. The van der Waals surface area contributed by atoms with E-state index in [-0.39, 0.29) is 0 Å². The molecule has 5 nitrogen and oxygen atoms in total. The van der Waals surface area contributed by atoms with E-state index in [9.17, 15) is 18.4 Å². The molecule has 0 saturated carbocycles. The minimum atomic E-state index is -1.74. The van der Waals surface area contributed by atoms with Crippen LogP contribution in [0, 0.1) is 11.6 Å². The summed E-state index contributed by atoms with van der Waals surface area (Å²) >= 11 is 0. The maximum absolute atomic E-state index is 13.5. The van der Waals surface area contributed by atoms with Gasteiger partial charge in [0.1, 0.15) is 17.2 Å². The Morgan fingerprint density at radius 2 is 1.90 bits per heavy atom. The van der Waals surface area contributed by atoms with E-state index in [2.05, 4.69) is 0 Å². The first-order valence-electron chi connectivity index (χ1n) is 5.77. The molecule has 0 bridgehead atoms. The Balaban J connectivity index is 2.98. The lowest BCUT2D eigenvalue weighted by atomic mass is 10.1. The number of aliphatic carboxylic acids is 1. The Hall–Kier alpha value is -2.18. The van der Waals surface area contributed by atoms with E-state index in [1.807, 2.05) is 5.32 Å². The van der Waals surface area contributed by atoms with Crippen molar-refractivity contribution in [3.05, 3.63) is 35.4 Å². The van der Waals surface area contributed by atoms with Crippen molar-refractivity contribution in [1.82, 2.24) is 5.32 Å². The normalized spacial score (nSPS) is 12.7. The van der Waals surface area contributed by atoms with Crippen molar-refractivity contribution in [2.24, 2.45) is 0 Å². The van der Waals surface area contributed by atoms with E-state index in [1.54, 1.807) is 20.8 Å². The third-order valence-electron chi connectivity index (χ3n) is 2.18. The number of carbonyl (C=O) groups excluding carboxylic acids is 1. The summed E-state index contributed by atoms with van der Waals surface area (Å²) in [6.07, 6.45) is -1.03. The Labute approximate surface area is 114 Å². The SMILES string of the molecule is CC(C)(C)OC(=O)NC(C(=O)O)c1cc(F)ccc1F. The van der Waals surface area contributed by atoms with Gasteiger partial charge < -0.3 is 15.2 Å². The quantitative estimate of drug-likeness (QED) is 0.896. The number of halogens is 2. The number of carbonyl (C=O) groups is 2. The van der Waals surface area contributed by atoms with Crippen molar-refractivity contribution < 1.29 is 28.2 Å². The van der Waals surface area contributed by atoms with Gasteiger partial charge >= 0.3 is 12.1 Å². The molecule has 1 amide bonds. The van der Waals surface area contributed by atoms with Gasteiger partial charge in [0.2, 0.25) is 0 Å². The van der Waals surface area contributed by atoms with Gasteiger partial charge in [0, 0.05) is 5.56 Å². The molecule has 1 aromatic carbocycles. The molecule has 0 aliphatic rings. The van der Waals surface area contributed by atoms with Crippen LogP contribution >= 0.6 is 0 Å². The number of rotatable bonds is 3. The summed E-state index contributed by atoms with van der Waals surface area (Å²) in [6, 6.07) is 0.620. The number of benzene rings is 1. The average Bonchev–Trinajstić information content (AvgIpc) is 2.27. The van der Waals surface area contributed by atoms with Crippen LogP contribution in [0.25, 0.3) is 0 Å². The van der Waals surface area contributed by atoms with Gasteiger partial charge in [-0.05, 0) is 39.0 Å². The zero-order valence-electron chi connectivity index (χ0n) is 11.2. The number of amides is 1. The maximum atomic E-state index is 13.5. The summed E-state index contributed by atoms with van der Waals surface area (Å²) in [6.45, 7) is 4.77. The van der Waals surface area contributed by atoms with Crippen LogP contribution in [-0.2, 0) is 9.53 Å². The number of hydrogen-bond acceptors (Lipinski definition) is 3. The molecule has 20 heavy (non-hydrogen) atoms. The molecule has 110 valence electrons. The lowest BCUT2D eigenvalue weighted by molar-refractivity contribution is -0.139. The number of carboxylic acid groups (broad SMARTS) is 1. The summed E-state index contributed by atoms with van der Waals surface area (Å²) < 4.78 is 31.5. The molecular weight excluding hydrogens is 272 g/mol. The molecule has 2 N–H and O–H groups in total. The van der Waals surface area contributed by atoms with Crippen molar-refractivity contribution in [3.63, 3.8) is 0 Å². The molecule has 7 heteroatoms. The minimum Gasteiger partial charge on any atom is -0.479 e. The molecule has 0 fully saturated rings. The molecule has 0 aromatic heterocycles. The minimum absolute atomic E-state index is 0.483. The van der Waals surface area contributed by atoms with Gasteiger partial charge in [0.25, 0.3) is 0 Å². The van der Waals surface area contributed by atoms with Gasteiger partial charge in [-0.3, -0.25) is 0 Å². The molecule has 1 aromatic rings. The van der Waals surface area contributed by atoms with Crippen LogP contribution in [0.3, 0.4) is 0 Å². The number of nitrogens with one attached hydrogen (secondary N) is 1. The molecule has 0 spiro atoms. The van der Waals surface area contributed by atoms with E-state index in [1.165, 1.54) is 0 Å². The van der Waals surface area contributed by atoms with Crippen molar-refractivity contribution in [2.45, 2.75) is 32.4 Å². The topological polar surface area (TPSA) is 75.6 Å². The molecule has 1 atom stereocenters. The van der Waals surface area contributed by atoms with Gasteiger partial charge in [-0.25, -0.2) is 18.4 Å². The van der Waals surface area contributed by atoms with Gasteiger partial charge in [-0.2, -0.15) is 0 Å². The Bertz CT molecular complexity index is 526. The average molecular weight is 287 g/mol. The van der Waals surface area contributed by atoms with E-state index >= 15 is 0 Å². The number of carboxylic acids is 1. The van der Waals surface area contributed by atoms with Crippen LogP contribution in [0.15, 0.2) is 18.2 Å². The van der Waals surface area contributed by atoms with E-state index in [0.29, 0.717) is 6.07 Å². The van der Waals surface area contributed by atoms with Crippen molar-refractivity contribution in [2.75, 3.05) is 0 Å². The monoisotopic (exact) mass is 287 g/mol. The molecular formula is C13H15F2NO4. The smallest absolute Gasteiger partial charge is 0.408 e. The zero-order chi connectivity index (χ0) is 15.5. The highest BCUT2D eigenvalue weighted by molar-refractivity contribution is 5.81. The first kappa shape index (κ1) is 15.9. The van der Waals surface area contributed by atoms with Crippen molar-refractivity contribution >= 4 is 12.1 Å². The molecule has 0 heterocycles. The zero-order valence-corrected chi connectivity index (χ0v) is 11.2. The predicted octanol–water partition coefficient (Wildman–Crippen LogP) is 2.62. The first-order chi connectivity index (χ1) is 9.10. The van der Waals surface area contributed by atoms with Gasteiger partial charge in [-0.1, -0.05) is 0 Å². The highest BCUT2D eigenvalue weighted by Gasteiger charge is 2.28. The molecule has 0 saturated heterocycles. The highest BCUT2D eigenvalue weighted by Crippen LogP contribution is 2.19. The van der Waals surface area contributed by atoms with Crippen LogP contribution in [0.2, 0.25) is 0 Å². The fourth-order valence-electron chi connectivity index (χ4n) is 1.43. The molecule has 0 radical (unpaired) electrons. The van der Waals surface area contributed by atoms with Crippen LogP contribution in [0.5, 0.6) is 0 Å². The Morgan fingerprint density at radius 3 is 2.40 bits per heavy atom. The molecule has 0 aliphatic carbocycles. The van der Waals surface area contributed by atoms with Crippen LogP contribution in [0.1, 0.15) is 32.4 Å². The van der Waals surface area contributed by atoms with Gasteiger partial charge in [-0.15, -0.1) is 0 Å². The second-order valence-electron chi connectivity index (χ2n) is 5.08. The van der Waals surface area contributed by atoms with Gasteiger partial charge in [0.05, 0.1) is 0 Å². The van der Waals surface area contributed by atoms with Crippen LogP contribution in [-0.4, -0.2) is 22.8 Å². The number of alkyl carbamates (subject to hydrolysis) is 1. The molecule has 0 aliphatic heterocycles. The third-order valence-corrected chi connectivity index (χ3v) is 2.18. The second-order valence-corrected chi connectivity index (χ2v) is 5.08. The Kier molecular flexibility index (Phi) is 4.65. The second kappa shape index (κ2) is 5.85. The summed E-state index contributed by atoms with van der Waals surface area (Å²) in [4.78, 5) is 22.6. The van der Waals surface area contributed by atoms with E-state index < -0.39 is 40.9 Å². The fourth-order valence-corrected chi connectivity index (χ4v) is 1.43. The Morgan fingerprint density at radius 1 is 1.30 bits per heavy atom. The van der Waals surface area contributed by atoms with Crippen LogP contribution < -0.4 is 5.32 Å². The number of ether oxygens (including phenoxy) is 1. The van der Waals surface area contributed by atoms with Crippen LogP contribution in [0.4, 0.5) is 13.6 Å². The summed E-state index contributed by atoms with van der Waals surface area (Å²) in [7, 11) is 0. The highest BCUT2D eigenvalue weighted by atomic mass is 19.1. The van der Waals surface area contributed by atoms with E-state index in [4.69, 9.17) is 9.84 Å². The van der Waals surface area contributed by atoms with Crippen molar-refractivity contribution in [1.29, 1.82) is 0 Å². The molecule has 1 rings (SSSR count). The fraction of sp³-hybridized carbons (Fsp3) is 0.385. The molecule has 1 unspecified atom stereocenters. The first-order valence-corrected chi connectivity index (χ1v) is 5.77. The van der Waals surface area contributed by atoms with E-state index in [0.717, 1.165) is 12.1 Å². The summed E-state index contributed by atoms with van der Waals surface area (Å²) in [5.74, 6) is -3.27. The van der Waals surface area contributed by atoms with Gasteiger partial charge in [0.15, 0.2) is 6.04 Å². The lowest BCUT2D eigenvalue weighted by Crippen LogP contribution is -2.38. The maximum Gasteiger partial charge on any atom is 0.408 e. The third kappa shape index (κ3) is 4.49.